The van der Waals surface area contributed by atoms with Gasteiger partial charge in [-0.25, -0.2) is 0 Å². The van der Waals surface area contributed by atoms with Gasteiger partial charge in [-0.3, -0.25) is 0 Å². The van der Waals surface area contributed by atoms with Gasteiger partial charge < -0.3 is 14.8 Å². The third-order valence-corrected chi connectivity index (χ3v) is 5.30. The van der Waals surface area contributed by atoms with Crippen LogP contribution in [0.3, 0.4) is 0 Å². The van der Waals surface area contributed by atoms with Crippen molar-refractivity contribution in [3.8, 4) is 11.5 Å². The van der Waals surface area contributed by atoms with Gasteiger partial charge in [-0.05, 0) is 63.8 Å². The number of halogens is 2. The SMILES string of the molecule is COc1cc(CN[C@@H](C)c2ccccc2)cc(Br)c1OCc1cccc(Cl)c1. The number of hydrogen-bond donors (Lipinski definition) is 1. The Kier molecular flexibility index (Phi) is 7.37. The Labute approximate surface area is 179 Å². The molecule has 0 heterocycles. The van der Waals surface area contributed by atoms with Gasteiger partial charge in [-0.1, -0.05) is 54.1 Å². The van der Waals surface area contributed by atoms with Crippen LogP contribution in [-0.2, 0) is 13.2 Å². The molecule has 28 heavy (non-hydrogen) atoms. The van der Waals surface area contributed by atoms with Crippen LogP contribution in [0.5, 0.6) is 11.5 Å². The molecule has 0 radical (unpaired) electrons. The molecule has 3 nitrogen and oxygen atoms in total. The highest BCUT2D eigenvalue weighted by molar-refractivity contribution is 9.10. The summed E-state index contributed by atoms with van der Waals surface area (Å²) < 4.78 is 12.4. The monoisotopic (exact) mass is 459 g/mol. The molecule has 1 atom stereocenters. The molecular formula is C23H23BrClNO2. The van der Waals surface area contributed by atoms with Crippen LogP contribution in [-0.4, -0.2) is 7.11 Å². The van der Waals surface area contributed by atoms with E-state index in [4.69, 9.17) is 21.1 Å². The second-order valence-electron chi connectivity index (χ2n) is 6.54. The van der Waals surface area contributed by atoms with Crippen molar-refractivity contribution in [2.45, 2.75) is 26.1 Å². The Balaban J connectivity index is 1.68. The lowest BCUT2D eigenvalue weighted by molar-refractivity contribution is 0.282. The first kappa shape index (κ1) is 20.7. The van der Waals surface area contributed by atoms with Gasteiger partial charge in [-0.15, -0.1) is 0 Å². The van der Waals surface area contributed by atoms with Gasteiger partial charge in [0.2, 0.25) is 0 Å². The first-order chi connectivity index (χ1) is 13.6. The predicted molar refractivity (Wildman–Crippen MR) is 118 cm³/mol. The summed E-state index contributed by atoms with van der Waals surface area (Å²) in [6.07, 6.45) is 0. The number of benzene rings is 3. The molecule has 0 saturated carbocycles. The van der Waals surface area contributed by atoms with Crippen molar-refractivity contribution < 1.29 is 9.47 Å². The quantitative estimate of drug-likeness (QED) is 0.414. The lowest BCUT2D eigenvalue weighted by atomic mass is 10.1. The van der Waals surface area contributed by atoms with Gasteiger partial charge in [0.05, 0.1) is 11.6 Å². The summed E-state index contributed by atoms with van der Waals surface area (Å²) in [4.78, 5) is 0. The molecule has 0 aliphatic heterocycles. The summed E-state index contributed by atoms with van der Waals surface area (Å²) in [7, 11) is 1.65. The molecule has 1 N–H and O–H groups in total. The minimum absolute atomic E-state index is 0.254. The zero-order chi connectivity index (χ0) is 19.9. The van der Waals surface area contributed by atoms with Crippen molar-refractivity contribution in [1.82, 2.24) is 5.32 Å². The standard InChI is InChI=1S/C23H23BrClNO2/c1-16(19-8-4-3-5-9-19)26-14-18-12-21(24)23(22(13-18)27-2)28-15-17-7-6-10-20(25)11-17/h3-13,16,26H,14-15H2,1-2H3/t16-/m0/s1. The third-order valence-electron chi connectivity index (χ3n) is 4.47. The lowest BCUT2D eigenvalue weighted by Gasteiger charge is -2.17. The van der Waals surface area contributed by atoms with Crippen molar-refractivity contribution in [2.24, 2.45) is 0 Å². The zero-order valence-electron chi connectivity index (χ0n) is 15.9. The molecule has 0 fully saturated rings. The molecule has 0 amide bonds. The van der Waals surface area contributed by atoms with Crippen LogP contribution in [0.25, 0.3) is 0 Å². The minimum atomic E-state index is 0.254. The Morgan fingerprint density at radius 2 is 1.79 bits per heavy atom. The van der Waals surface area contributed by atoms with Crippen LogP contribution in [0.1, 0.15) is 29.7 Å². The van der Waals surface area contributed by atoms with Crippen LogP contribution in [0.15, 0.2) is 71.2 Å². The number of hydrogen-bond acceptors (Lipinski definition) is 3. The molecule has 0 aliphatic carbocycles. The highest BCUT2D eigenvalue weighted by Gasteiger charge is 2.13. The molecule has 0 saturated heterocycles. The summed E-state index contributed by atoms with van der Waals surface area (Å²) in [6.45, 7) is 3.29. The van der Waals surface area contributed by atoms with E-state index < -0.39 is 0 Å². The Bertz CT molecular complexity index is 918. The third kappa shape index (κ3) is 5.51. The molecule has 0 spiro atoms. The fourth-order valence-electron chi connectivity index (χ4n) is 2.93. The molecule has 3 rings (SSSR count). The van der Waals surface area contributed by atoms with Crippen LogP contribution in [0, 0.1) is 0 Å². The van der Waals surface area contributed by atoms with E-state index in [0.29, 0.717) is 23.1 Å². The smallest absolute Gasteiger partial charge is 0.175 e. The molecule has 146 valence electrons. The van der Waals surface area contributed by atoms with Gasteiger partial charge in [0.25, 0.3) is 0 Å². The number of methoxy groups -OCH3 is 1. The highest BCUT2D eigenvalue weighted by Crippen LogP contribution is 2.37. The summed E-state index contributed by atoms with van der Waals surface area (Å²) >= 11 is 9.67. The largest absolute Gasteiger partial charge is 0.493 e. The van der Waals surface area contributed by atoms with Gasteiger partial charge in [-0.2, -0.15) is 0 Å². The molecule has 0 bridgehead atoms. The first-order valence-electron chi connectivity index (χ1n) is 9.09. The van der Waals surface area contributed by atoms with E-state index in [1.807, 2.05) is 36.4 Å². The Hall–Kier alpha value is -2.01. The average Bonchev–Trinajstić information content (AvgIpc) is 2.71. The molecule has 0 unspecified atom stereocenters. The normalized spacial score (nSPS) is 11.9. The van der Waals surface area contributed by atoms with Crippen molar-refractivity contribution in [3.05, 3.63) is 92.9 Å². The van der Waals surface area contributed by atoms with E-state index in [9.17, 15) is 0 Å². The molecular weight excluding hydrogens is 438 g/mol. The highest BCUT2D eigenvalue weighted by atomic mass is 79.9. The van der Waals surface area contributed by atoms with E-state index in [0.717, 1.165) is 22.1 Å². The Morgan fingerprint density at radius 1 is 1.00 bits per heavy atom. The maximum Gasteiger partial charge on any atom is 0.175 e. The predicted octanol–water partition coefficient (Wildman–Crippen LogP) is 6.54. The summed E-state index contributed by atoms with van der Waals surface area (Å²) in [5, 5.41) is 4.24. The molecule has 0 aromatic heterocycles. The summed E-state index contributed by atoms with van der Waals surface area (Å²) in [5.41, 5.74) is 3.38. The van der Waals surface area contributed by atoms with Crippen LogP contribution < -0.4 is 14.8 Å². The first-order valence-corrected chi connectivity index (χ1v) is 10.3. The molecule has 3 aromatic rings. The van der Waals surface area contributed by atoms with Crippen molar-refractivity contribution >= 4 is 27.5 Å². The molecule has 0 aliphatic rings. The number of nitrogens with one attached hydrogen (secondary N) is 1. The second kappa shape index (κ2) is 9.97. The fourth-order valence-corrected chi connectivity index (χ4v) is 3.74. The van der Waals surface area contributed by atoms with E-state index in [-0.39, 0.29) is 6.04 Å². The lowest BCUT2D eigenvalue weighted by Crippen LogP contribution is -2.18. The van der Waals surface area contributed by atoms with E-state index >= 15 is 0 Å². The van der Waals surface area contributed by atoms with Gasteiger partial charge in [0.15, 0.2) is 11.5 Å². The fraction of sp³-hybridized carbons (Fsp3) is 0.217. The molecule has 5 heteroatoms. The van der Waals surface area contributed by atoms with Gasteiger partial charge in [0.1, 0.15) is 6.61 Å². The Morgan fingerprint density at radius 3 is 2.50 bits per heavy atom. The number of rotatable bonds is 8. The van der Waals surface area contributed by atoms with Crippen molar-refractivity contribution in [1.29, 1.82) is 0 Å². The van der Waals surface area contributed by atoms with E-state index in [1.54, 1.807) is 7.11 Å². The summed E-state index contributed by atoms with van der Waals surface area (Å²) in [6, 6.07) is 22.3. The van der Waals surface area contributed by atoms with Gasteiger partial charge in [0, 0.05) is 17.6 Å². The maximum atomic E-state index is 6.05. The van der Waals surface area contributed by atoms with Crippen LogP contribution in [0.2, 0.25) is 5.02 Å². The molecule has 3 aromatic carbocycles. The van der Waals surface area contributed by atoms with E-state index in [1.165, 1.54) is 5.56 Å². The van der Waals surface area contributed by atoms with E-state index in [2.05, 4.69) is 58.5 Å². The van der Waals surface area contributed by atoms with Crippen molar-refractivity contribution in [2.75, 3.05) is 7.11 Å². The summed E-state index contributed by atoms with van der Waals surface area (Å²) in [5.74, 6) is 1.38. The zero-order valence-corrected chi connectivity index (χ0v) is 18.3. The minimum Gasteiger partial charge on any atom is -0.493 e. The topological polar surface area (TPSA) is 30.5 Å². The van der Waals surface area contributed by atoms with Crippen molar-refractivity contribution in [3.63, 3.8) is 0 Å². The number of ether oxygens (including phenoxy) is 2. The second-order valence-corrected chi connectivity index (χ2v) is 7.83. The average molecular weight is 461 g/mol. The van der Waals surface area contributed by atoms with Crippen LogP contribution >= 0.6 is 27.5 Å². The van der Waals surface area contributed by atoms with Crippen LogP contribution in [0.4, 0.5) is 0 Å². The van der Waals surface area contributed by atoms with Gasteiger partial charge >= 0.3 is 0 Å². The maximum absolute atomic E-state index is 6.05.